The molecule has 0 N–H and O–H groups in total. The van der Waals surface area contributed by atoms with Crippen LogP contribution in [0.25, 0.3) is 65.7 Å². The Balaban J connectivity index is 1.35. The molecule has 1 heteroatoms. The molecule has 9 aromatic rings. The number of benzene rings is 9. The van der Waals surface area contributed by atoms with Gasteiger partial charge in [0.15, 0.2) is 0 Å². The predicted octanol–water partition coefficient (Wildman–Crippen LogP) is 13.6. The lowest BCUT2D eigenvalue weighted by Crippen LogP contribution is -2.13. The van der Waals surface area contributed by atoms with Gasteiger partial charge in [-0.15, -0.1) is 0 Å². The number of anilines is 3. The molecule has 230 valence electrons. The van der Waals surface area contributed by atoms with E-state index in [1.807, 2.05) is 0 Å². The van der Waals surface area contributed by atoms with Crippen LogP contribution in [0.3, 0.4) is 0 Å². The van der Waals surface area contributed by atoms with Crippen LogP contribution in [0, 0.1) is 0 Å². The van der Waals surface area contributed by atoms with Crippen LogP contribution in [0.1, 0.15) is 0 Å². The highest BCUT2D eigenvalue weighted by atomic mass is 15.1. The minimum atomic E-state index is 1.12. The van der Waals surface area contributed by atoms with Gasteiger partial charge in [0.25, 0.3) is 0 Å². The molecule has 0 aliphatic carbocycles. The molecule has 0 aromatic heterocycles. The van der Waals surface area contributed by atoms with E-state index in [2.05, 4.69) is 205 Å². The van der Waals surface area contributed by atoms with Crippen molar-refractivity contribution in [2.24, 2.45) is 0 Å². The van der Waals surface area contributed by atoms with E-state index in [0.717, 1.165) is 17.1 Å². The Morgan fingerprint density at radius 3 is 1.45 bits per heavy atom. The lowest BCUT2D eigenvalue weighted by atomic mass is 9.91. The van der Waals surface area contributed by atoms with Crippen molar-refractivity contribution in [1.82, 2.24) is 0 Å². The summed E-state index contributed by atoms with van der Waals surface area (Å²) in [7, 11) is 0. The van der Waals surface area contributed by atoms with E-state index in [-0.39, 0.29) is 0 Å². The maximum Gasteiger partial charge on any atom is 0.0540 e. The van der Waals surface area contributed by atoms with Gasteiger partial charge in [-0.3, -0.25) is 0 Å². The molecule has 9 rings (SSSR count). The quantitative estimate of drug-likeness (QED) is 0.167. The first-order valence-corrected chi connectivity index (χ1v) is 16.9. The topological polar surface area (TPSA) is 3.24 Å². The standard InChI is InChI=1S/C48H33N/c1-2-17-35(18-3-1)40-22-10-13-27-46(40)49(47-28-14-11-23-41(47)38-31-30-34-16-4-5-19-36(34)32-38)48-29-15-12-26-44(48)45-33-37-20-6-7-21-39(37)42-24-8-9-25-43(42)45/h1-33H. The molecule has 1 nitrogen and oxygen atoms in total. The van der Waals surface area contributed by atoms with Crippen molar-refractivity contribution in [3.63, 3.8) is 0 Å². The van der Waals surface area contributed by atoms with Gasteiger partial charge < -0.3 is 4.90 Å². The highest BCUT2D eigenvalue weighted by Crippen LogP contribution is 2.49. The van der Waals surface area contributed by atoms with E-state index in [1.165, 1.54) is 65.7 Å². The maximum absolute atomic E-state index is 2.48. The van der Waals surface area contributed by atoms with Crippen LogP contribution in [0.15, 0.2) is 200 Å². The van der Waals surface area contributed by atoms with Crippen LogP contribution in [-0.4, -0.2) is 0 Å². The van der Waals surface area contributed by atoms with Crippen molar-refractivity contribution in [1.29, 1.82) is 0 Å². The summed E-state index contributed by atoms with van der Waals surface area (Å²) in [5.41, 5.74) is 10.5. The van der Waals surface area contributed by atoms with Crippen LogP contribution < -0.4 is 4.90 Å². The molecule has 9 aromatic carbocycles. The molecule has 0 bridgehead atoms. The van der Waals surface area contributed by atoms with Crippen molar-refractivity contribution in [3.05, 3.63) is 200 Å². The van der Waals surface area contributed by atoms with Crippen molar-refractivity contribution in [2.45, 2.75) is 0 Å². The van der Waals surface area contributed by atoms with Crippen LogP contribution in [0.4, 0.5) is 17.1 Å². The first-order chi connectivity index (χ1) is 24.3. The number of fused-ring (bicyclic) bond motifs is 4. The van der Waals surface area contributed by atoms with Gasteiger partial charge in [0.2, 0.25) is 0 Å². The summed E-state index contributed by atoms with van der Waals surface area (Å²) in [6.45, 7) is 0. The third-order valence-corrected chi connectivity index (χ3v) is 9.64. The first-order valence-electron chi connectivity index (χ1n) is 16.9. The molecule has 0 radical (unpaired) electrons. The van der Waals surface area contributed by atoms with Crippen LogP contribution in [0.5, 0.6) is 0 Å². The zero-order chi connectivity index (χ0) is 32.6. The molecule has 0 heterocycles. The summed E-state index contributed by atoms with van der Waals surface area (Å²) in [5.74, 6) is 0. The molecule has 0 amide bonds. The van der Waals surface area contributed by atoms with Gasteiger partial charge in [0.05, 0.1) is 17.1 Å². The van der Waals surface area contributed by atoms with Crippen LogP contribution in [-0.2, 0) is 0 Å². The Bertz CT molecular complexity index is 2620. The van der Waals surface area contributed by atoms with E-state index in [9.17, 15) is 0 Å². The van der Waals surface area contributed by atoms with Crippen LogP contribution >= 0.6 is 0 Å². The molecule has 0 saturated heterocycles. The lowest BCUT2D eigenvalue weighted by molar-refractivity contribution is 1.28. The summed E-state index contributed by atoms with van der Waals surface area (Å²) in [6.07, 6.45) is 0. The normalized spacial score (nSPS) is 11.3. The Kier molecular flexibility index (Phi) is 7.22. The minimum absolute atomic E-state index is 1.12. The number of nitrogens with zero attached hydrogens (tertiary/aromatic N) is 1. The van der Waals surface area contributed by atoms with Gasteiger partial charge >= 0.3 is 0 Å². The van der Waals surface area contributed by atoms with Gasteiger partial charge in [-0.05, 0) is 79.3 Å². The van der Waals surface area contributed by atoms with E-state index in [4.69, 9.17) is 0 Å². The van der Waals surface area contributed by atoms with Gasteiger partial charge in [-0.25, -0.2) is 0 Å². The molecule has 0 saturated carbocycles. The average Bonchev–Trinajstić information content (AvgIpc) is 3.18. The zero-order valence-corrected chi connectivity index (χ0v) is 27.0. The van der Waals surface area contributed by atoms with Gasteiger partial charge in [0.1, 0.15) is 0 Å². The summed E-state index contributed by atoms with van der Waals surface area (Å²) < 4.78 is 0. The lowest BCUT2D eigenvalue weighted by Gasteiger charge is -2.32. The fraction of sp³-hybridized carbons (Fsp3) is 0. The fourth-order valence-corrected chi connectivity index (χ4v) is 7.36. The second-order valence-corrected chi connectivity index (χ2v) is 12.5. The van der Waals surface area contributed by atoms with Gasteiger partial charge in [0, 0.05) is 16.7 Å². The fourth-order valence-electron chi connectivity index (χ4n) is 7.36. The summed E-state index contributed by atoms with van der Waals surface area (Å²) in [6, 6.07) is 72.6. The van der Waals surface area contributed by atoms with Crippen molar-refractivity contribution in [2.75, 3.05) is 4.90 Å². The highest BCUT2D eigenvalue weighted by Gasteiger charge is 2.23. The smallest absolute Gasteiger partial charge is 0.0540 e. The summed E-state index contributed by atoms with van der Waals surface area (Å²) in [4.78, 5) is 2.48. The van der Waals surface area contributed by atoms with E-state index in [1.54, 1.807) is 0 Å². The molecular formula is C48H33N. The number of hydrogen-bond acceptors (Lipinski definition) is 1. The molecule has 49 heavy (non-hydrogen) atoms. The van der Waals surface area contributed by atoms with Gasteiger partial charge in [-0.1, -0.05) is 170 Å². The summed E-state index contributed by atoms with van der Waals surface area (Å²) in [5, 5.41) is 7.48. The molecule has 0 atom stereocenters. The molecule has 0 unspecified atom stereocenters. The van der Waals surface area contributed by atoms with Gasteiger partial charge in [-0.2, -0.15) is 0 Å². The minimum Gasteiger partial charge on any atom is -0.309 e. The molecule has 0 fully saturated rings. The predicted molar refractivity (Wildman–Crippen MR) is 210 cm³/mol. The van der Waals surface area contributed by atoms with E-state index >= 15 is 0 Å². The van der Waals surface area contributed by atoms with Crippen molar-refractivity contribution < 1.29 is 0 Å². The zero-order valence-electron chi connectivity index (χ0n) is 27.0. The second kappa shape index (κ2) is 12.3. The van der Waals surface area contributed by atoms with E-state index in [0.29, 0.717) is 0 Å². The Labute approximate surface area is 287 Å². The van der Waals surface area contributed by atoms with Crippen molar-refractivity contribution in [3.8, 4) is 33.4 Å². The first kappa shape index (κ1) is 28.8. The molecule has 0 aliphatic heterocycles. The maximum atomic E-state index is 2.48. The highest BCUT2D eigenvalue weighted by molar-refractivity contribution is 6.15. The Hall–Kier alpha value is -6.44. The SMILES string of the molecule is c1ccc(-c2ccccc2N(c2ccccc2-c2ccc3ccccc3c2)c2ccccc2-c2cc3ccccc3c3ccccc23)cc1. The number of para-hydroxylation sites is 3. The van der Waals surface area contributed by atoms with Crippen molar-refractivity contribution >= 4 is 49.4 Å². The third kappa shape index (κ3) is 5.13. The molecule has 0 aliphatic rings. The average molecular weight is 624 g/mol. The third-order valence-electron chi connectivity index (χ3n) is 9.64. The number of rotatable bonds is 6. The second-order valence-electron chi connectivity index (χ2n) is 12.5. The molecular weight excluding hydrogens is 591 g/mol. The monoisotopic (exact) mass is 623 g/mol. The Morgan fingerprint density at radius 1 is 0.245 bits per heavy atom. The largest absolute Gasteiger partial charge is 0.309 e. The summed E-state index contributed by atoms with van der Waals surface area (Å²) >= 11 is 0. The number of hydrogen-bond donors (Lipinski definition) is 0. The Morgan fingerprint density at radius 2 is 0.735 bits per heavy atom. The van der Waals surface area contributed by atoms with Crippen LogP contribution in [0.2, 0.25) is 0 Å². The molecule has 0 spiro atoms. The van der Waals surface area contributed by atoms with E-state index < -0.39 is 0 Å².